The van der Waals surface area contributed by atoms with Crippen molar-refractivity contribution in [2.24, 2.45) is 0 Å². The van der Waals surface area contributed by atoms with Crippen LogP contribution in [0.15, 0.2) is 78.9 Å². The summed E-state index contributed by atoms with van der Waals surface area (Å²) in [7, 11) is 0. The minimum Gasteiger partial charge on any atom is -0.326 e. The number of ketones is 1. The molecular weight excluding hydrogens is 380 g/mol. The number of thiazole rings is 1. The van der Waals surface area contributed by atoms with Crippen LogP contribution in [0.25, 0.3) is 10.2 Å². The lowest BCUT2D eigenvalue weighted by Crippen LogP contribution is -2.13. The fourth-order valence-corrected chi connectivity index (χ4v) is 4.10. The largest absolute Gasteiger partial charge is 0.326 e. The minimum atomic E-state index is -0.159. The van der Waals surface area contributed by atoms with Gasteiger partial charge >= 0.3 is 0 Å². The average molecular weight is 401 g/mol. The quantitative estimate of drug-likeness (QED) is 0.417. The first kappa shape index (κ1) is 19.0. The van der Waals surface area contributed by atoms with E-state index in [1.807, 2.05) is 60.7 Å². The second-order valence-corrected chi connectivity index (χ2v) is 7.90. The van der Waals surface area contributed by atoms with Gasteiger partial charge in [0.2, 0.25) is 5.91 Å². The highest BCUT2D eigenvalue weighted by atomic mass is 32.1. The zero-order valence-electron chi connectivity index (χ0n) is 15.8. The van der Waals surface area contributed by atoms with E-state index < -0.39 is 0 Å². The number of carbonyl (C=O) groups excluding carboxylic acids is 2. The molecule has 1 N–H and O–H groups in total. The molecule has 29 heavy (non-hydrogen) atoms. The summed E-state index contributed by atoms with van der Waals surface area (Å²) in [6.45, 7) is 0. The van der Waals surface area contributed by atoms with Gasteiger partial charge in [0, 0.05) is 30.5 Å². The van der Waals surface area contributed by atoms with Crippen molar-refractivity contribution >= 4 is 38.9 Å². The molecule has 144 valence electrons. The number of hydrogen-bond donors (Lipinski definition) is 1. The molecule has 0 bridgehead atoms. The lowest BCUT2D eigenvalue weighted by atomic mass is 10.1. The Labute approximate surface area is 173 Å². The van der Waals surface area contributed by atoms with Crippen LogP contribution in [0.3, 0.4) is 0 Å². The standard InChI is InChI=1S/C24H20N2O2S/c27-21(18-6-2-1-3-7-18)14-15-23(28)25-19-12-10-17(11-13-19)16-24-26-20-8-4-5-9-22(20)29-24/h1-13H,14-16H2,(H,25,28). The first-order chi connectivity index (χ1) is 14.2. The van der Waals surface area contributed by atoms with Crippen LogP contribution in [0, 0.1) is 0 Å². The minimum absolute atomic E-state index is 0.0214. The summed E-state index contributed by atoms with van der Waals surface area (Å²) in [5.74, 6) is -0.180. The molecule has 5 heteroatoms. The van der Waals surface area contributed by atoms with Gasteiger partial charge < -0.3 is 5.32 Å². The maximum absolute atomic E-state index is 12.2. The van der Waals surface area contributed by atoms with Crippen molar-refractivity contribution in [1.82, 2.24) is 4.98 Å². The van der Waals surface area contributed by atoms with Crippen LogP contribution in [-0.4, -0.2) is 16.7 Å². The number of fused-ring (bicyclic) bond motifs is 1. The van der Waals surface area contributed by atoms with Gasteiger partial charge in [-0.1, -0.05) is 54.6 Å². The third kappa shape index (κ3) is 4.95. The van der Waals surface area contributed by atoms with Crippen LogP contribution in [-0.2, 0) is 11.2 Å². The lowest BCUT2D eigenvalue weighted by molar-refractivity contribution is -0.116. The number of nitrogens with zero attached hydrogens (tertiary/aromatic N) is 1. The topological polar surface area (TPSA) is 59.1 Å². The number of amides is 1. The summed E-state index contributed by atoms with van der Waals surface area (Å²) in [5, 5.41) is 3.93. The number of rotatable bonds is 7. The Balaban J connectivity index is 1.30. The second-order valence-electron chi connectivity index (χ2n) is 6.79. The van der Waals surface area contributed by atoms with Crippen LogP contribution in [0.5, 0.6) is 0 Å². The summed E-state index contributed by atoms with van der Waals surface area (Å²) in [6, 6.07) is 24.9. The van der Waals surface area contributed by atoms with Crippen molar-refractivity contribution in [1.29, 1.82) is 0 Å². The molecule has 0 aliphatic carbocycles. The zero-order chi connectivity index (χ0) is 20.1. The molecule has 4 rings (SSSR count). The van der Waals surface area contributed by atoms with Gasteiger partial charge in [-0.25, -0.2) is 4.98 Å². The maximum atomic E-state index is 12.2. The highest BCUT2D eigenvalue weighted by Crippen LogP contribution is 2.24. The van der Waals surface area contributed by atoms with Gasteiger partial charge in [0.1, 0.15) is 0 Å². The molecule has 0 saturated heterocycles. The van der Waals surface area contributed by atoms with E-state index in [2.05, 4.69) is 16.4 Å². The van der Waals surface area contributed by atoms with E-state index >= 15 is 0 Å². The van der Waals surface area contributed by atoms with Crippen LogP contribution >= 0.6 is 11.3 Å². The number of benzene rings is 3. The summed E-state index contributed by atoms with van der Waals surface area (Å²) in [4.78, 5) is 28.9. The number of para-hydroxylation sites is 1. The molecule has 0 aliphatic rings. The fraction of sp³-hybridized carbons (Fsp3) is 0.125. The number of anilines is 1. The van der Waals surface area contributed by atoms with E-state index in [-0.39, 0.29) is 24.5 Å². The van der Waals surface area contributed by atoms with Crippen molar-refractivity contribution in [2.45, 2.75) is 19.3 Å². The summed E-state index contributed by atoms with van der Waals surface area (Å²) >= 11 is 1.70. The Bertz CT molecular complexity index is 1100. The van der Waals surface area contributed by atoms with Crippen LogP contribution in [0.4, 0.5) is 5.69 Å². The molecule has 4 aromatic rings. The van der Waals surface area contributed by atoms with Crippen molar-refractivity contribution < 1.29 is 9.59 Å². The zero-order valence-corrected chi connectivity index (χ0v) is 16.6. The molecule has 1 aromatic heterocycles. The first-order valence-electron chi connectivity index (χ1n) is 9.49. The number of Topliss-reactive ketones (excluding diaryl/α,β-unsaturated/α-hetero) is 1. The van der Waals surface area contributed by atoms with E-state index in [0.717, 1.165) is 28.2 Å². The Morgan fingerprint density at radius 1 is 0.828 bits per heavy atom. The molecule has 0 radical (unpaired) electrons. The van der Waals surface area contributed by atoms with E-state index in [4.69, 9.17) is 0 Å². The molecule has 1 heterocycles. The van der Waals surface area contributed by atoms with Crippen LogP contribution < -0.4 is 5.32 Å². The molecule has 0 fully saturated rings. The molecule has 0 saturated carbocycles. The summed E-state index contributed by atoms with van der Waals surface area (Å²) < 4.78 is 1.19. The summed E-state index contributed by atoms with van der Waals surface area (Å²) in [5.41, 5.74) is 3.54. The number of nitrogens with one attached hydrogen (secondary N) is 1. The number of carbonyl (C=O) groups is 2. The molecule has 3 aromatic carbocycles. The van der Waals surface area contributed by atoms with Crippen molar-refractivity contribution in [3.8, 4) is 0 Å². The Morgan fingerprint density at radius 3 is 2.31 bits per heavy atom. The SMILES string of the molecule is O=C(CCC(=O)c1ccccc1)Nc1ccc(Cc2nc3ccccc3s2)cc1. The van der Waals surface area contributed by atoms with Crippen LogP contribution in [0.1, 0.15) is 33.8 Å². The van der Waals surface area contributed by atoms with Crippen molar-refractivity contribution in [2.75, 3.05) is 5.32 Å². The van der Waals surface area contributed by atoms with Gasteiger partial charge in [-0.2, -0.15) is 0 Å². The lowest BCUT2D eigenvalue weighted by Gasteiger charge is -2.06. The molecule has 4 nitrogen and oxygen atoms in total. The molecule has 0 spiro atoms. The first-order valence-corrected chi connectivity index (χ1v) is 10.3. The molecule has 0 unspecified atom stereocenters. The molecular formula is C24H20N2O2S. The highest BCUT2D eigenvalue weighted by Gasteiger charge is 2.10. The van der Waals surface area contributed by atoms with E-state index in [1.165, 1.54) is 4.70 Å². The molecule has 1 amide bonds. The smallest absolute Gasteiger partial charge is 0.224 e. The van der Waals surface area contributed by atoms with Gasteiger partial charge in [0.05, 0.1) is 15.2 Å². The Kier molecular flexibility index (Phi) is 5.77. The van der Waals surface area contributed by atoms with Crippen molar-refractivity contribution in [3.05, 3.63) is 95.0 Å². The van der Waals surface area contributed by atoms with E-state index in [9.17, 15) is 9.59 Å². The van der Waals surface area contributed by atoms with Gasteiger partial charge in [-0.3, -0.25) is 9.59 Å². The summed E-state index contributed by atoms with van der Waals surface area (Å²) in [6.07, 6.45) is 1.13. The predicted octanol–water partition coefficient (Wildman–Crippen LogP) is 5.49. The molecule has 0 atom stereocenters. The third-order valence-electron chi connectivity index (χ3n) is 4.61. The normalized spacial score (nSPS) is 10.8. The van der Waals surface area contributed by atoms with Gasteiger partial charge in [0.15, 0.2) is 5.78 Å². The number of hydrogen-bond acceptors (Lipinski definition) is 4. The highest BCUT2D eigenvalue weighted by molar-refractivity contribution is 7.18. The Morgan fingerprint density at radius 2 is 1.55 bits per heavy atom. The third-order valence-corrected chi connectivity index (χ3v) is 5.64. The van der Waals surface area contributed by atoms with Gasteiger partial charge in [-0.05, 0) is 29.8 Å². The average Bonchev–Trinajstić information content (AvgIpc) is 3.16. The van der Waals surface area contributed by atoms with Crippen LogP contribution in [0.2, 0.25) is 0 Å². The van der Waals surface area contributed by atoms with Gasteiger partial charge in [-0.15, -0.1) is 11.3 Å². The Hall–Kier alpha value is -3.31. The fourth-order valence-electron chi connectivity index (χ4n) is 3.10. The maximum Gasteiger partial charge on any atom is 0.224 e. The predicted molar refractivity (Wildman–Crippen MR) is 118 cm³/mol. The monoisotopic (exact) mass is 400 g/mol. The van der Waals surface area contributed by atoms with Crippen molar-refractivity contribution in [3.63, 3.8) is 0 Å². The number of aromatic nitrogens is 1. The van der Waals surface area contributed by atoms with E-state index in [0.29, 0.717) is 5.56 Å². The molecule has 0 aliphatic heterocycles. The second kappa shape index (κ2) is 8.80. The van der Waals surface area contributed by atoms with Gasteiger partial charge in [0.25, 0.3) is 0 Å². The van der Waals surface area contributed by atoms with E-state index in [1.54, 1.807) is 23.5 Å².